The molecule has 3 aromatic heterocycles. The van der Waals surface area contributed by atoms with Crippen LogP contribution < -0.4 is 4.90 Å². The summed E-state index contributed by atoms with van der Waals surface area (Å²) < 4.78 is 11.7. The maximum absolute atomic E-state index is 6.53. The Hall–Kier alpha value is -5.16. The Morgan fingerprint density at radius 1 is 0.409 bits per heavy atom. The fraction of sp³-hybridized carbons (Fsp3) is 0. The molecule has 10 rings (SSSR count). The van der Waals surface area contributed by atoms with E-state index < -0.39 is 0 Å². The lowest BCUT2D eigenvalue weighted by atomic mass is 10.0. The molecule has 0 fully saturated rings. The van der Waals surface area contributed by atoms with E-state index in [0.717, 1.165) is 44.4 Å². The van der Waals surface area contributed by atoms with Gasteiger partial charge in [-0.05, 0) is 60.0 Å². The van der Waals surface area contributed by atoms with Gasteiger partial charge in [-0.2, -0.15) is 0 Å². The summed E-state index contributed by atoms with van der Waals surface area (Å²) in [6.45, 7) is 0. The zero-order valence-corrected chi connectivity index (χ0v) is 25.1. The average Bonchev–Trinajstić information content (AvgIpc) is 3.75. The summed E-state index contributed by atoms with van der Waals surface area (Å²) in [7, 11) is 0. The molecule has 0 bridgehead atoms. The molecule has 0 saturated carbocycles. The van der Waals surface area contributed by atoms with Gasteiger partial charge in [0.05, 0.1) is 11.1 Å². The predicted octanol–water partition coefficient (Wildman–Crippen LogP) is 12.9. The maximum atomic E-state index is 6.53. The number of furan rings is 1. The first-order valence-electron chi connectivity index (χ1n) is 14.8. The second-order valence-corrected chi connectivity index (χ2v) is 13.5. The van der Waals surface area contributed by atoms with E-state index in [2.05, 4.69) is 138 Å². The van der Waals surface area contributed by atoms with Crippen molar-refractivity contribution in [3.63, 3.8) is 0 Å². The van der Waals surface area contributed by atoms with Crippen LogP contribution in [0.1, 0.15) is 0 Å². The van der Waals surface area contributed by atoms with Gasteiger partial charge in [-0.3, -0.25) is 0 Å². The third kappa shape index (κ3) is 3.47. The molecule has 0 radical (unpaired) electrons. The number of para-hydroxylation sites is 1. The van der Waals surface area contributed by atoms with Crippen molar-refractivity contribution >= 4 is 113 Å². The SMILES string of the molecule is c1ccc2c(N(c3ccc4c(c3)sc3ccccc34)c3ccc4sc5ccccc5c4c3)c3c(cc2c1)oc1ccccc13. The number of rotatable bonds is 3. The molecule has 0 N–H and O–H groups in total. The molecule has 44 heavy (non-hydrogen) atoms. The number of benzene rings is 7. The van der Waals surface area contributed by atoms with Crippen LogP contribution in [0.5, 0.6) is 0 Å². The minimum atomic E-state index is 0.898. The molecule has 0 atom stereocenters. The number of anilines is 3. The molecule has 0 saturated heterocycles. The van der Waals surface area contributed by atoms with Gasteiger partial charge in [-0.15, -0.1) is 22.7 Å². The number of hydrogen-bond donors (Lipinski definition) is 0. The van der Waals surface area contributed by atoms with E-state index in [1.165, 1.54) is 45.7 Å². The summed E-state index contributed by atoms with van der Waals surface area (Å²) >= 11 is 3.71. The lowest BCUT2D eigenvalue weighted by molar-refractivity contribution is 0.669. The Bertz CT molecular complexity index is 2750. The molecule has 0 aliphatic carbocycles. The average molecular weight is 598 g/mol. The molecule has 2 nitrogen and oxygen atoms in total. The molecule has 10 aromatic rings. The summed E-state index contributed by atoms with van der Waals surface area (Å²) in [6, 6.07) is 50.6. The van der Waals surface area contributed by atoms with Gasteiger partial charge in [0.25, 0.3) is 0 Å². The Morgan fingerprint density at radius 2 is 1.00 bits per heavy atom. The first-order chi connectivity index (χ1) is 21.8. The van der Waals surface area contributed by atoms with Crippen LogP contribution in [0.3, 0.4) is 0 Å². The van der Waals surface area contributed by atoms with E-state index in [1.54, 1.807) is 0 Å². The van der Waals surface area contributed by atoms with Crippen LogP contribution in [0.2, 0.25) is 0 Å². The molecule has 0 amide bonds. The maximum Gasteiger partial charge on any atom is 0.138 e. The van der Waals surface area contributed by atoms with Crippen LogP contribution in [0.15, 0.2) is 144 Å². The normalized spacial score (nSPS) is 12.1. The molecule has 206 valence electrons. The third-order valence-electron chi connectivity index (χ3n) is 8.82. The monoisotopic (exact) mass is 597 g/mol. The second kappa shape index (κ2) is 9.17. The minimum Gasteiger partial charge on any atom is -0.456 e. The Labute approximate surface area is 260 Å². The molecule has 0 aliphatic rings. The summed E-state index contributed by atoms with van der Waals surface area (Å²) in [5.41, 5.74) is 5.20. The van der Waals surface area contributed by atoms with Crippen LogP contribution in [-0.4, -0.2) is 0 Å². The zero-order valence-electron chi connectivity index (χ0n) is 23.5. The van der Waals surface area contributed by atoms with Crippen LogP contribution in [0.25, 0.3) is 73.1 Å². The van der Waals surface area contributed by atoms with Gasteiger partial charge in [0.15, 0.2) is 0 Å². The lowest BCUT2D eigenvalue weighted by Gasteiger charge is -2.28. The number of thiophene rings is 2. The highest BCUT2D eigenvalue weighted by Gasteiger charge is 2.24. The van der Waals surface area contributed by atoms with Crippen molar-refractivity contribution in [2.24, 2.45) is 0 Å². The molecule has 0 unspecified atom stereocenters. The fourth-order valence-electron chi connectivity index (χ4n) is 6.87. The fourth-order valence-corrected chi connectivity index (χ4v) is 9.10. The van der Waals surface area contributed by atoms with E-state index in [1.807, 2.05) is 28.7 Å². The van der Waals surface area contributed by atoms with E-state index >= 15 is 0 Å². The van der Waals surface area contributed by atoms with Crippen molar-refractivity contribution < 1.29 is 4.42 Å². The number of nitrogens with zero attached hydrogens (tertiary/aromatic N) is 1. The van der Waals surface area contributed by atoms with E-state index in [9.17, 15) is 0 Å². The highest BCUT2D eigenvalue weighted by molar-refractivity contribution is 7.26. The van der Waals surface area contributed by atoms with Crippen LogP contribution in [-0.2, 0) is 0 Å². The minimum absolute atomic E-state index is 0.898. The van der Waals surface area contributed by atoms with Crippen LogP contribution in [0.4, 0.5) is 17.1 Å². The van der Waals surface area contributed by atoms with Crippen molar-refractivity contribution in [1.29, 1.82) is 0 Å². The van der Waals surface area contributed by atoms with Gasteiger partial charge in [0.2, 0.25) is 0 Å². The van der Waals surface area contributed by atoms with Crippen LogP contribution >= 0.6 is 22.7 Å². The summed E-state index contributed by atoms with van der Waals surface area (Å²) in [5.74, 6) is 0. The van der Waals surface area contributed by atoms with E-state index in [-0.39, 0.29) is 0 Å². The molecular weight excluding hydrogens is 575 g/mol. The quantitative estimate of drug-likeness (QED) is 0.201. The van der Waals surface area contributed by atoms with E-state index in [4.69, 9.17) is 4.42 Å². The molecule has 3 heterocycles. The molecular formula is C40H23NOS2. The zero-order chi connectivity index (χ0) is 28.8. The summed E-state index contributed by atoms with van der Waals surface area (Å²) in [5, 5.41) is 9.79. The summed E-state index contributed by atoms with van der Waals surface area (Å²) in [4.78, 5) is 2.46. The molecule has 0 spiro atoms. The van der Waals surface area contributed by atoms with Crippen LogP contribution in [0, 0.1) is 0 Å². The van der Waals surface area contributed by atoms with Crippen molar-refractivity contribution in [2.75, 3.05) is 4.90 Å². The van der Waals surface area contributed by atoms with Gasteiger partial charge in [0, 0.05) is 62.5 Å². The Kier molecular flexibility index (Phi) is 5.06. The first-order valence-corrected chi connectivity index (χ1v) is 16.4. The number of fused-ring (bicyclic) bond motifs is 10. The van der Waals surface area contributed by atoms with Crippen molar-refractivity contribution in [3.05, 3.63) is 140 Å². The van der Waals surface area contributed by atoms with E-state index in [0.29, 0.717) is 0 Å². The molecule has 0 aliphatic heterocycles. The highest BCUT2D eigenvalue weighted by atomic mass is 32.1. The number of hydrogen-bond acceptors (Lipinski definition) is 4. The predicted molar refractivity (Wildman–Crippen MR) is 192 cm³/mol. The smallest absolute Gasteiger partial charge is 0.138 e. The van der Waals surface area contributed by atoms with Gasteiger partial charge in [-0.25, -0.2) is 0 Å². The Morgan fingerprint density at radius 3 is 1.84 bits per heavy atom. The van der Waals surface area contributed by atoms with Crippen molar-refractivity contribution in [3.8, 4) is 0 Å². The third-order valence-corrected chi connectivity index (χ3v) is 11.1. The summed E-state index contributed by atoms with van der Waals surface area (Å²) in [6.07, 6.45) is 0. The van der Waals surface area contributed by atoms with Crippen molar-refractivity contribution in [2.45, 2.75) is 0 Å². The van der Waals surface area contributed by atoms with Gasteiger partial charge < -0.3 is 9.32 Å². The highest BCUT2D eigenvalue weighted by Crippen LogP contribution is 2.49. The molecule has 4 heteroatoms. The first kappa shape index (κ1) is 24.3. The lowest BCUT2D eigenvalue weighted by Crippen LogP contribution is -2.11. The van der Waals surface area contributed by atoms with Gasteiger partial charge in [0.1, 0.15) is 11.2 Å². The Balaban J connectivity index is 1.35. The molecule has 7 aromatic carbocycles. The largest absolute Gasteiger partial charge is 0.456 e. The van der Waals surface area contributed by atoms with Gasteiger partial charge in [-0.1, -0.05) is 84.9 Å². The second-order valence-electron chi connectivity index (χ2n) is 11.3. The topological polar surface area (TPSA) is 16.4 Å². The van der Waals surface area contributed by atoms with Gasteiger partial charge >= 0.3 is 0 Å². The van der Waals surface area contributed by atoms with Crippen molar-refractivity contribution in [1.82, 2.24) is 0 Å². The standard InChI is InChI=1S/C40H23NOS2/c1-2-10-27-24(9-1)21-34-39(31-13-3-6-14-33(31)42-34)40(27)41(25-18-20-37-32(22-25)29-12-5-8-16-36(29)43-37)26-17-19-30-28-11-4-7-15-35(28)44-38(30)23-26/h1-23H.